The molecular formula is C19H24N4O. The summed E-state index contributed by atoms with van der Waals surface area (Å²) >= 11 is 0. The molecular weight excluding hydrogens is 300 g/mol. The molecule has 1 unspecified atom stereocenters. The first-order valence-corrected chi connectivity index (χ1v) is 8.27. The number of nitrogens with zero attached hydrogens (tertiary/aromatic N) is 3. The van der Waals surface area contributed by atoms with Gasteiger partial charge in [-0.1, -0.05) is 24.3 Å². The fraction of sp³-hybridized carbons (Fsp3) is 0.368. The van der Waals surface area contributed by atoms with Crippen molar-refractivity contribution >= 4 is 17.4 Å². The molecule has 5 nitrogen and oxygen atoms in total. The lowest BCUT2D eigenvalue weighted by atomic mass is 10.1. The van der Waals surface area contributed by atoms with Crippen LogP contribution in [-0.2, 0) is 4.79 Å². The summed E-state index contributed by atoms with van der Waals surface area (Å²) in [6.07, 6.45) is 1.73. The molecule has 5 heteroatoms. The summed E-state index contributed by atoms with van der Waals surface area (Å²) in [4.78, 5) is 20.9. The number of carbonyl (C=O) groups is 1. The SMILES string of the molecule is CCN1C(=O)C(C)(C)NC1c1ccc(N(C)c2ccccc2)nc1. The third-order valence-corrected chi connectivity index (χ3v) is 4.52. The van der Waals surface area contributed by atoms with Crippen molar-refractivity contribution in [3.63, 3.8) is 0 Å². The maximum Gasteiger partial charge on any atom is 0.243 e. The molecule has 1 N–H and O–H groups in total. The molecule has 1 aliphatic heterocycles. The highest BCUT2D eigenvalue weighted by molar-refractivity contribution is 5.88. The molecule has 1 amide bonds. The molecule has 1 aromatic heterocycles. The van der Waals surface area contributed by atoms with Crippen LogP contribution in [-0.4, -0.2) is 34.9 Å². The second-order valence-electron chi connectivity index (χ2n) is 6.61. The molecule has 2 aromatic rings. The number of amides is 1. The largest absolute Gasteiger partial charge is 0.329 e. The fourth-order valence-corrected chi connectivity index (χ4v) is 3.09. The van der Waals surface area contributed by atoms with Crippen LogP contribution in [0, 0.1) is 0 Å². The van der Waals surface area contributed by atoms with Crippen LogP contribution in [0.4, 0.5) is 11.5 Å². The van der Waals surface area contributed by atoms with E-state index in [1.54, 1.807) is 0 Å². The van der Waals surface area contributed by atoms with E-state index in [2.05, 4.69) is 10.3 Å². The van der Waals surface area contributed by atoms with Crippen molar-refractivity contribution in [3.05, 3.63) is 54.2 Å². The van der Waals surface area contributed by atoms with Gasteiger partial charge in [0.25, 0.3) is 0 Å². The average Bonchev–Trinajstić information content (AvgIpc) is 2.84. The van der Waals surface area contributed by atoms with Crippen LogP contribution >= 0.6 is 0 Å². The van der Waals surface area contributed by atoms with Gasteiger partial charge in [-0.25, -0.2) is 4.98 Å². The van der Waals surface area contributed by atoms with Crippen LogP contribution in [0.25, 0.3) is 0 Å². The van der Waals surface area contributed by atoms with Crippen molar-refractivity contribution in [1.82, 2.24) is 15.2 Å². The Hall–Kier alpha value is -2.40. The molecule has 3 rings (SSSR count). The highest BCUT2D eigenvalue weighted by Gasteiger charge is 2.44. The van der Waals surface area contributed by atoms with E-state index in [-0.39, 0.29) is 12.1 Å². The van der Waals surface area contributed by atoms with E-state index in [0.717, 1.165) is 17.1 Å². The lowest BCUT2D eigenvalue weighted by Gasteiger charge is -2.24. The Balaban J connectivity index is 1.83. The maximum atomic E-state index is 12.4. The molecule has 1 aromatic carbocycles. The highest BCUT2D eigenvalue weighted by atomic mass is 16.2. The summed E-state index contributed by atoms with van der Waals surface area (Å²) in [5.74, 6) is 0.997. The number of rotatable bonds is 4. The normalized spacial score (nSPS) is 19.6. The van der Waals surface area contributed by atoms with Gasteiger partial charge in [-0.15, -0.1) is 0 Å². The topological polar surface area (TPSA) is 48.5 Å². The first-order valence-electron chi connectivity index (χ1n) is 8.27. The first-order chi connectivity index (χ1) is 11.4. The van der Waals surface area contributed by atoms with E-state index >= 15 is 0 Å². The van der Waals surface area contributed by atoms with Gasteiger partial charge in [0.2, 0.25) is 5.91 Å². The van der Waals surface area contributed by atoms with Gasteiger partial charge in [-0.2, -0.15) is 0 Å². The van der Waals surface area contributed by atoms with Gasteiger partial charge in [0.05, 0.1) is 5.54 Å². The number of carbonyl (C=O) groups excluding carboxylic acids is 1. The molecule has 24 heavy (non-hydrogen) atoms. The van der Waals surface area contributed by atoms with Gasteiger partial charge < -0.3 is 9.80 Å². The smallest absolute Gasteiger partial charge is 0.243 e. The number of para-hydroxylation sites is 1. The standard InChI is InChI=1S/C19H24N4O/c1-5-23-17(21-19(2,3)18(23)24)14-11-12-16(20-13-14)22(4)15-9-7-6-8-10-15/h6-13,17,21H,5H2,1-4H3. The Labute approximate surface area is 143 Å². The number of anilines is 2. The van der Waals surface area contributed by atoms with E-state index in [1.165, 1.54) is 0 Å². The second kappa shape index (κ2) is 6.24. The van der Waals surface area contributed by atoms with Crippen LogP contribution in [0.3, 0.4) is 0 Å². The van der Waals surface area contributed by atoms with Crippen molar-refractivity contribution < 1.29 is 4.79 Å². The van der Waals surface area contributed by atoms with Crippen molar-refractivity contribution in [1.29, 1.82) is 0 Å². The molecule has 1 atom stereocenters. The number of hydrogen-bond donors (Lipinski definition) is 1. The number of likely N-dealkylation sites (N-methyl/N-ethyl adjacent to an activating group) is 1. The van der Waals surface area contributed by atoms with Crippen LogP contribution in [0.15, 0.2) is 48.7 Å². The predicted octanol–water partition coefficient (Wildman–Crippen LogP) is 3.08. The van der Waals surface area contributed by atoms with Crippen LogP contribution in [0.5, 0.6) is 0 Å². The van der Waals surface area contributed by atoms with E-state index in [4.69, 9.17) is 0 Å². The van der Waals surface area contributed by atoms with Gasteiger partial charge in [-0.3, -0.25) is 10.1 Å². The van der Waals surface area contributed by atoms with Crippen LogP contribution < -0.4 is 10.2 Å². The monoisotopic (exact) mass is 324 g/mol. The van der Waals surface area contributed by atoms with E-state index in [9.17, 15) is 4.79 Å². The molecule has 0 aliphatic carbocycles. The zero-order valence-electron chi connectivity index (χ0n) is 14.7. The molecule has 126 valence electrons. The number of hydrogen-bond acceptors (Lipinski definition) is 4. The van der Waals surface area contributed by atoms with Crippen molar-refractivity contribution in [2.24, 2.45) is 0 Å². The first kappa shape index (κ1) is 16.5. The lowest BCUT2D eigenvalue weighted by Crippen LogP contribution is -2.40. The minimum absolute atomic E-state index is 0.124. The predicted molar refractivity (Wildman–Crippen MR) is 96.1 cm³/mol. The second-order valence-corrected chi connectivity index (χ2v) is 6.61. The maximum absolute atomic E-state index is 12.4. The summed E-state index contributed by atoms with van der Waals surface area (Å²) in [5.41, 5.74) is 1.55. The number of pyridine rings is 1. The molecule has 0 spiro atoms. The van der Waals surface area contributed by atoms with E-state index in [1.807, 2.05) is 86.3 Å². The molecule has 1 fully saturated rings. The van der Waals surface area contributed by atoms with Gasteiger partial charge in [0.15, 0.2) is 0 Å². The molecule has 1 saturated heterocycles. The number of nitrogens with one attached hydrogen (secondary N) is 1. The van der Waals surface area contributed by atoms with Crippen molar-refractivity contribution in [2.45, 2.75) is 32.5 Å². The Kier molecular flexibility index (Phi) is 4.28. The summed E-state index contributed by atoms with van der Waals surface area (Å²) in [6.45, 7) is 6.51. The Morgan fingerprint density at radius 1 is 1.21 bits per heavy atom. The van der Waals surface area contributed by atoms with Crippen LogP contribution in [0.2, 0.25) is 0 Å². The van der Waals surface area contributed by atoms with E-state index in [0.29, 0.717) is 6.54 Å². The average molecular weight is 324 g/mol. The molecule has 0 saturated carbocycles. The van der Waals surface area contributed by atoms with Gasteiger partial charge >= 0.3 is 0 Å². The quantitative estimate of drug-likeness (QED) is 0.939. The van der Waals surface area contributed by atoms with Gasteiger partial charge in [0, 0.05) is 31.0 Å². The van der Waals surface area contributed by atoms with Gasteiger partial charge in [-0.05, 0) is 39.0 Å². The summed E-state index contributed by atoms with van der Waals surface area (Å²) < 4.78 is 0. The van der Waals surface area contributed by atoms with Crippen molar-refractivity contribution in [3.8, 4) is 0 Å². The third kappa shape index (κ3) is 2.87. The molecule has 0 radical (unpaired) electrons. The Morgan fingerprint density at radius 3 is 2.50 bits per heavy atom. The highest BCUT2D eigenvalue weighted by Crippen LogP contribution is 2.31. The van der Waals surface area contributed by atoms with E-state index < -0.39 is 5.54 Å². The van der Waals surface area contributed by atoms with Crippen LogP contribution in [0.1, 0.15) is 32.5 Å². The minimum atomic E-state index is -0.541. The summed E-state index contributed by atoms with van der Waals surface area (Å²) in [7, 11) is 2.00. The van der Waals surface area contributed by atoms with Gasteiger partial charge in [0.1, 0.15) is 12.0 Å². The molecule has 1 aliphatic rings. The zero-order chi connectivity index (χ0) is 17.3. The fourth-order valence-electron chi connectivity index (χ4n) is 3.09. The summed E-state index contributed by atoms with van der Waals surface area (Å²) in [5, 5.41) is 3.40. The minimum Gasteiger partial charge on any atom is -0.329 e. The summed E-state index contributed by atoms with van der Waals surface area (Å²) in [6, 6.07) is 14.1. The molecule has 0 bridgehead atoms. The number of benzene rings is 1. The Morgan fingerprint density at radius 2 is 1.92 bits per heavy atom. The third-order valence-electron chi connectivity index (χ3n) is 4.52. The number of aromatic nitrogens is 1. The van der Waals surface area contributed by atoms with Crippen molar-refractivity contribution in [2.75, 3.05) is 18.5 Å². The molecule has 2 heterocycles. The Bertz CT molecular complexity index is 712. The lowest BCUT2D eigenvalue weighted by molar-refractivity contribution is -0.132. The zero-order valence-corrected chi connectivity index (χ0v) is 14.7.